The van der Waals surface area contributed by atoms with Crippen LogP contribution in [0, 0.1) is 0 Å². The minimum Gasteiger partial charge on any atom is -0.491 e. The summed E-state index contributed by atoms with van der Waals surface area (Å²) in [6.07, 6.45) is 0.309. The Hall–Kier alpha value is -2.82. The predicted octanol–water partition coefficient (Wildman–Crippen LogP) is 4.98. The van der Waals surface area contributed by atoms with E-state index < -0.39 is 0 Å². The summed E-state index contributed by atoms with van der Waals surface area (Å²) in [7, 11) is 0. The first-order valence-electron chi connectivity index (χ1n) is 9.71. The van der Waals surface area contributed by atoms with Gasteiger partial charge in [-0.1, -0.05) is 26.0 Å². The molecule has 0 spiro atoms. The van der Waals surface area contributed by atoms with Gasteiger partial charge in [-0.15, -0.1) is 0 Å². The summed E-state index contributed by atoms with van der Waals surface area (Å²) in [5.41, 5.74) is 2.74. The summed E-state index contributed by atoms with van der Waals surface area (Å²) in [4.78, 5) is 25.9. The molecule has 0 radical (unpaired) electrons. The zero-order valence-corrected chi connectivity index (χ0v) is 17.4. The number of nitrogens with one attached hydrogen (secondary N) is 1. The maximum Gasteiger partial charge on any atom is 0.226 e. The third kappa shape index (κ3) is 6.41. The molecule has 0 bridgehead atoms. The lowest BCUT2D eigenvalue weighted by atomic mass is 10.0. The quantitative estimate of drug-likeness (QED) is 0.700. The molecule has 150 valence electrons. The standard InChI is InChI=1S/C23H30N2O3/c1-16(2)19-6-8-20(9-7-19)24-23(27)14-15-25(18(5)26)21-10-12-22(13-11-21)28-17(3)4/h6-13,16-17H,14-15H2,1-5H3,(H,24,27). The van der Waals surface area contributed by atoms with Crippen LogP contribution in [0.15, 0.2) is 48.5 Å². The second kappa shape index (κ2) is 9.93. The molecule has 2 rings (SSSR count). The summed E-state index contributed by atoms with van der Waals surface area (Å²) in [5, 5.41) is 2.89. The van der Waals surface area contributed by atoms with Gasteiger partial charge < -0.3 is 15.0 Å². The Balaban J connectivity index is 1.95. The lowest BCUT2D eigenvalue weighted by Gasteiger charge is -2.21. The van der Waals surface area contributed by atoms with Crippen LogP contribution in [0.1, 0.15) is 52.5 Å². The summed E-state index contributed by atoms with van der Waals surface area (Å²) in [6, 6.07) is 15.2. The van der Waals surface area contributed by atoms with Crippen LogP contribution < -0.4 is 15.0 Å². The van der Waals surface area contributed by atoms with Crippen molar-refractivity contribution >= 4 is 23.2 Å². The fraction of sp³-hybridized carbons (Fsp3) is 0.391. The molecule has 0 unspecified atom stereocenters. The van der Waals surface area contributed by atoms with Crippen LogP contribution in [0.3, 0.4) is 0 Å². The second-order valence-electron chi connectivity index (χ2n) is 7.41. The second-order valence-corrected chi connectivity index (χ2v) is 7.41. The Kier molecular flexibility index (Phi) is 7.61. The van der Waals surface area contributed by atoms with Gasteiger partial charge >= 0.3 is 0 Å². The monoisotopic (exact) mass is 382 g/mol. The molecule has 1 N–H and O–H groups in total. The fourth-order valence-corrected chi connectivity index (χ4v) is 2.83. The van der Waals surface area contributed by atoms with Crippen LogP contribution in [-0.4, -0.2) is 24.5 Å². The molecule has 0 fully saturated rings. The summed E-state index contributed by atoms with van der Waals surface area (Å²) in [6.45, 7) is 10.0. The lowest BCUT2D eigenvalue weighted by molar-refractivity contribution is -0.117. The number of rotatable bonds is 8. The predicted molar refractivity (Wildman–Crippen MR) is 114 cm³/mol. The molecule has 0 aromatic heterocycles. The van der Waals surface area contributed by atoms with Gasteiger partial charge in [-0.3, -0.25) is 9.59 Å². The zero-order chi connectivity index (χ0) is 20.7. The van der Waals surface area contributed by atoms with Crippen molar-refractivity contribution in [2.24, 2.45) is 0 Å². The molecule has 0 aliphatic heterocycles. The van der Waals surface area contributed by atoms with Crippen molar-refractivity contribution in [3.63, 3.8) is 0 Å². The number of hydrogen-bond donors (Lipinski definition) is 1. The Labute approximate surface area is 167 Å². The first-order valence-corrected chi connectivity index (χ1v) is 9.71. The van der Waals surface area contributed by atoms with Crippen LogP contribution in [0.5, 0.6) is 5.75 Å². The summed E-state index contributed by atoms with van der Waals surface area (Å²) in [5.74, 6) is 0.978. The van der Waals surface area contributed by atoms with E-state index in [-0.39, 0.29) is 24.3 Å². The van der Waals surface area contributed by atoms with Gasteiger partial charge in [0.25, 0.3) is 0 Å². The first kappa shape index (κ1) is 21.5. The maximum absolute atomic E-state index is 12.3. The van der Waals surface area contributed by atoms with Crippen LogP contribution in [-0.2, 0) is 9.59 Å². The number of benzene rings is 2. The highest BCUT2D eigenvalue weighted by molar-refractivity contribution is 5.94. The van der Waals surface area contributed by atoms with Crippen molar-refractivity contribution in [3.8, 4) is 5.75 Å². The van der Waals surface area contributed by atoms with Gasteiger partial charge in [-0.25, -0.2) is 0 Å². The molecule has 0 aliphatic carbocycles. The Morgan fingerprint density at radius 3 is 2.07 bits per heavy atom. The minimum absolute atomic E-state index is 0.0908. The maximum atomic E-state index is 12.3. The number of carbonyl (C=O) groups excluding carboxylic acids is 2. The molecule has 0 saturated carbocycles. The van der Waals surface area contributed by atoms with Crippen LogP contribution in [0.2, 0.25) is 0 Å². The molecule has 0 heterocycles. The number of anilines is 2. The Morgan fingerprint density at radius 1 is 0.964 bits per heavy atom. The van der Waals surface area contributed by atoms with Gasteiger partial charge in [0.15, 0.2) is 0 Å². The van der Waals surface area contributed by atoms with E-state index in [2.05, 4.69) is 19.2 Å². The molecule has 5 heteroatoms. The number of amides is 2. The van der Waals surface area contributed by atoms with Crippen molar-refractivity contribution < 1.29 is 14.3 Å². The largest absolute Gasteiger partial charge is 0.491 e. The first-order chi connectivity index (χ1) is 13.3. The van der Waals surface area contributed by atoms with E-state index in [1.165, 1.54) is 12.5 Å². The summed E-state index contributed by atoms with van der Waals surface area (Å²) >= 11 is 0. The van der Waals surface area contributed by atoms with E-state index >= 15 is 0 Å². The fourth-order valence-electron chi connectivity index (χ4n) is 2.83. The highest BCUT2D eigenvalue weighted by atomic mass is 16.5. The van der Waals surface area contributed by atoms with Gasteiger partial charge in [0, 0.05) is 31.3 Å². The highest BCUT2D eigenvalue weighted by Crippen LogP contribution is 2.21. The van der Waals surface area contributed by atoms with Gasteiger partial charge in [-0.2, -0.15) is 0 Å². The van der Waals surface area contributed by atoms with Gasteiger partial charge in [0.1, 0.15) is 5.75 Å². The van der Waals surface area contributed by atoms with Gasteiger partial charge in [-0.05, 0) is 61.7 Å². The van der Waals surface area contributed by atoms with Crippen molar-refractivity contribution in [1.29, 1.82) is 0 Å². The molecule has 28 heavy (non-hydrogen) atoms. The lowest BCUT2D eigenvalue weighted by Crippen LogP contribution is -2.31. The minimum atomic E-state index is -0.122. The average molecular weight is 383 g/mol. The molecular weight excluding hydrogens is 352 g/mol. The highest BCUT2D eigenvalue weighted by Gasteiger charge is 2.14. The topological polar surface area (TPSA) is 58.6 Å². The smallest absolute Gasteiger partial charge is 0.226 e. The van der Waals surface area contributed by atoms with E-state index in [0.717, 1.165) is 17.1 Å². The molecule has 0 atom stereocenters. The van der Waals surface area contributed by atoms with Crippen molar-refractivity contribution in [1.82, 2.24) is 0 Å². The van der Waals surface area contributed by atoms with Crippen LogP contribution >= 0.6 is 0 Å². The Bertz CT molecular complexity index is 780. The molecule has 2 amide bonds. The molecule has 2 aromatic carbocycles. The SMILES string of the molecule is CC(=O)N(CCC(=O)Nc1ccc(C(C)C)cc1)c1ccc(OC(C)C)cc1. The van der Waals surface area contributed by atoms with E-state index in [4.69, 9.17) is 4.74 Å². The van der Waals surface area contributed by atoms with Gasteiger partial charge in [0.05, 0.1) is 6.10 Å². The normalized spacial score (nSPS) is 10.8. The molecule has 2 aromatic rings. The van der Waals surface area contributed by atoms with E-state index in [1.54, 1.807) is 4.90 Å². The molecule has 0 saturated heterocycles. The molecule has 0 aliphatic rings. The number of carbonyl (C=O) groups is 2. The van der Waals surface area contributed by atoms with Crippen molar-refractivity contribution in [2.75, 3.05) is 16.8 Å². The Morgan fingerprint density at radius 2 is 1.57 bits per heavy atom. The number of hydrogen-bond acceptors (Lipinski definition) is 3. The van der Waals surface area contributed by atoms with E-state index in [9.17, 15) is 9.59 Å². The van der Waals surface area contributed by atoms with Crippen molar-refractivity contribution in [2.45, 2.75) is 53.1 Å². The average Bonchev–Trinajstić information content (AvgIpc) is 2.63. The van der Waals surface area contributed by atoms with Crippen molar-refractivity contribution in [3.05, 3.63) is 54.1 Å². The third-order valence-electron chi connectivity index (χ3n) is 4.32. The number of ether oxygens (including phenoxy) is 1. The molecular formula is C23H30N2O3. The van der Waals surface area contributed by atoms with Gasteiger partial charge in [0.2, 0.25) is 11.8 Å². The van der Waals surface area contributed by atoms with Crippen LogP contribution in [0.4, 0.5) is 11.4 Å². The van der Waals surface area contributed by atoms with E-state index in [1.807, 2.05) is 62.4 Å². The third-order valence-corrected chi connectivity index (χ3v) is 4.32. The van der Waals surface area contributed by atoms with Crippen LogP contribution in [0.25, 0.3) is 0 Å². The van der Waals surface area contributed by atoms with E-state index in [0.29, 0.717) is 12.5 Å². The molecule has 5 nitrogen and oxygen atoms in total. The summed E-state index contributed by atoms with van der Waals surface area (Å²) < 4.78 is 5.63. The number of nitrogens with zero attached hydrogens (tertiary/aromatic N) is 1. The zero-order valence-electron chi connectivity index (χ0n) is 17.4.